The van der Waals surface area contributed by atoms with Gasteiger partial charge in [0.15, 0.2) is 0 Å². The van der Waals surface area contributed by atoms with E-state index in [0.29, 0.717) is 11.1 Å². The number of alkyl halides is 1. The van der Waals surface area contributed by atoms with Crippen LogP contribution in [0.25, 0.3) is 11.0 Å². The highest BCUT2D eigenvalue weighted by molar-refractivity contribution is 6.20. The van der Waals surface area contributed by atoms with Crippen LogP contribution in [0.2, 0.25) is 0 Å². The summed E-state index contributed by atoms with van der Waals surface area (Å²) in [4.78, 5) is 4.61. The molecule has 0 radical (unpaired) electrons. The van der Waals surface area contributed by atoms with E-state index in [9.17, 15) is 4.39 Å². The highest BCUT2D eigenvalue weighted by Crippen LogP contribution is 2.37. The van der Waals surface area contributed by atoms with Crippen molar-refractivity contribution in [3.8, 4) is 0 Å². The van der Waals surface area contributed by atoms with E-state index >= 15 is 0 Å². The van der Waals surface area contributed by atoms with Crippen molar-refractivity contribution in [1.29, 1.82) is 0 Å². The molecule has 2 rings (SSSR count). The van der Waals surface area contributed by atoms with Crippen LogP contribution in [0.5, 0.6) is 0 Å². The van der Waals surface area contributed by atoms with E-state index in [-0.39, 0.29) is 16.7 Å². The zero-order valence-electron chi connectivity index (χ0n) is 13.5. The maximum Gasteiger partial charge on any atom is 0.128 e. The Morgan fingerprint density at radius 1 is 1.24 bits per heavy atom. The molecule has 1 unspecified atom stereocenters. The lowest BCUT2D eigenvalue weighted by Gasteiger charge is -2.35. The predicted octanol–water partition coefficient (Wildman–Crippen LogP) is 5.71. The van der Waals surface area contributed by atoms with Crippen molar-refractivity contribution in [2.45, 2.75) is 64.8 Å². The number of hydrogen-bond acceptors (Lipinski definition) is 1. The van der Waals surface area contributed by atoms with Gasteiger partial charge >= 0.3 is 0 Å². The molecular formula is C17H24ClFN2. The first-order valence-electron chi connectivity index (χ1n) is 7.73. The summed E-state index contributed by atoms with van der Waals surface area (Å²) in [5.41, 5.74) is 2.31. The fourth-order valence-corrected chi connectivity index (χ4v) is 3.36. The van der Waals surface area contributed by atoms with E-state index in [1.807, 2.05) is 13.0 Å². The first-order valence-corrected chi connectivity index (χ1v) is 8.16. The molecule has 1 aromatic carbocycles. The van der Waals surface area contributed by atoms with Crippen molar-refractivity contribution in [3.05, 3.63) is 29.3 Å². The van der Waals surface area contributed by atoms with Gasteiger partial charge in [-0.1, -0.05) is 20.8 Å². The minimum atomic E-state index is -0.212. The molecule has 0 saturated carbocycles. The Balaban J connectivity index is 2.86. The second-order valence-electron chi connectivity index (χ2n) is 5.80. The Labute approximate surface area is 131 Å². The maximum atomic E-state index is 13.9. The van der Waals surface area contributed by atoms with Gasteiger partial charge in [0, 0.05) is 11.6 Å². The topological polar surface area (TPSA) is 17.8 Å². The van der Waals surface area contributed by atoms with Crippen LogP contribution >= 0.6 is 11.6 Å². The van der Waals surface area contributed by atoms with Crippen LogP contribution in [0.3, 0.4) is 0 Å². The molecule has 2 nitrogen and oxygen atoms in total. The Morgan fingerprint density at radius 3 is 2.29 bits per heavy atom. The second-order valence-corrected chi connectivity index (χ2v) is 6.45. The maximum absolute atomic E-state index is 13.9. The van der Waals surface area contributed by atoms with Gasteiger partial charge in [-0.2, -0.15) is 0 Å². The van der Waals surface area contributed by atoms with E-state index in [2.05, 4.69) is 30.3 Å². The lowest BCUT2D eigenvalue weighted by Crippen LogP contribution is -2.33. The van der Waals surface area contributed by atoms with Crippen molar-refractivity contribution >= 4 is 22.6 Å². The summed E-state index contributed by atoms with van der Waals surface area (Å²) in [6, 6.07) is 3.42. The molecular weight excluding hydrogens is 287 g/mol. The molecule has 0 aliphatic carbocycles. The van der Waals surface area contributed by atoms with Crippen molar-refractivity contribution in [2.24, 2.45) is 0 Å². The van der Waals surface area contributed by atoms with E-state index in [1.54, 1.807) is 6.92 Å². The van der Waals surface area contributed by atoms with Gasteiger partial charge in [0.1, 0.15) is 11.6 Å². The summed E-state index contributed by atoms with van der Waals surface area (Å²) in [6.45, 7) is 10.3. The first-order chi connectivity index (χ1) is 9.90. The molecule has 0 saturated heterocycles. The second kappa shape index (κ2) is 5.96. The lowest BCUT2D eigenvalue weighted by molar-refractivity contribution is 0.251. The van der Waals surface area contributed by atoms with Gasteiger partial charge < -0.3 is 4.57 Å². The number of aryl methyl sites for hydroxylation is 1. The van der Waals surface area contributed by atoms with Gasteiger partial charge in [-0.25, -0.2) is 9.37 Å². The average molecular weight is 311 g/mol. The third-order valence-electron chi connectivity index (χ3n) is 4.77. The molecule has 0 N–H and O–H groups in total. The summed E-state index contributed by atoms with van der Waals surface area (Å²) < 4.78 is 16.1. The molecule has 0 fully saturated rings. The molecule has 0 spiro atoms. The highest BCUT2D eigenvalue weighted by atomic mass is 35.5. The number of aromatic nitrogens is 2. The quantitative estimate of drug-likeness (QED) is 0.647. The van der Waals surface area contributed by atoms with Crippen LogP contribution in [0.15, 0.2) is 12.1 Å². The zero-order valence-corrected chi connectivity index (χ0v) is 14.3. The number of rotatable bonds is 5. The summed E-state index contributed by atoms with van der Waals surface area (Å²) in [6.07, 6.45) is 3.00. The van der Waals surface area contributed by atoms with Gasteiger partial charge in [0.25, 0.3) is 0 Å². The predicted molar refractivity (Wildman–Crippen MR) is 87.5 cm³/mol. The third kappa shape index (κ3) is 2.57. The van der Waals surface area contributed by atoms with Gasteiger partial charge in [0.05, 0.1) is 16.4 Å². The third-order valence-corrected chi connectivity index (χ3v) is 4.96. The normalized spacial score (nSPS) is 13.9. The van der Waals surface area contributed by atoms with Crippen molar-refractivity contribution < 1.29 is 4.39 Å². The molecule has 0 amide bonds. The van der Waals surface area contributed by atoms with Crippen molar-refractivity contribution in [2.75, 3.05) is 0 Å². The van der Waals surface area contributed by atoms with Crippen LogP contribution in [0.1, 0.15) is 63.7 Å². The smallest absolute Gasteiger partial charge is 0.128 e. The van der Waals surface area contributed by atoms with Crippen LogP contribution in [-0.4, -0.2) is 9.55 Å². The van der Waals surface area contributed by atoms with Gasteiger partial charge in [0.2, 0.25) is 0 Å². The number of fused-ring (bicyclic) bond motifs is 1. The minimum absolute atomic E-state index is 0.0164. The highest BCUT2D eigenvalue weighted by Gasteiger charge is 2.32. The van der Waals surface area contributed by atoms with Crippen molar-refractivity contribution in [1.82, 2.24) is 9.55 Å². The average Bonchev–Trinajstić information content (AvgIpc) is 2.82. The molecule has 0 aliphatic heterocycles. The summed E-state index contributed by atoms with van der Waals surface area (Å²) >= 11 is 6.36. The largest absolute Gasteiger partial charge is 0.321 e. The molecule has 2 aromatic rings. The number of imidazole rings is 1. The standard InChI is InChI=1S/C17H24ClFN2/c1-6-17(7-2,8-3)21-15-9-11(4)13(19)10-14(15)20-16(21)12(5)18/h9-10,12H,6-8H2,1-5H3. The fraction of sp³-hybridized carbons (Fsp3) is 0.588. The van der Waals surface area contributed by atoms with Crippen molar-refractivity contribution in [3.63, 3.8) is 0 Å². The summed E-state index contributed by atoms with van der Waals surface area (Å²) in [5.74, 6) is 0.623. The van der Waals surface area contributed by atoms with Crippen LogP contribution in [-0.2, 0) is 5.54 Å². The summed E-state index contributed by atoms with van der Waals surface area (Å²) in [7, 11) is 0. The van der Waals surface area contributed by atoms with Crippen LogP contribution in [0, 0.1) is 12.7 Å². The number of benzene rings is 1. The van der Waals surface area contributed by atoms with E-state index < -0.39 is 0 Å². The van der Waals surface area contributed by atoms with Gasteiger partial charge in [-0.3, -0.25) is 0 Å². The first kappa shape index (κ1) is 16.3. The van der Waals surface area contributed by atoms with E-state index in [0.717, 1.165) is 30.6 Å². The number of halogens is 2. The minimum Gasteiger partial charge on any atom is -0.321 e. The Kier molecular flexibility index (Phi) is 4.62. The molecule has 1 heterocycles. The molecule has 21 heavy (non-hydrogen) atoms. The fourth-order valence-electron chi connectivity index (χ4n) is 3.21. The Bertz CT molecular complexity index is 634. The molecule has 4 heteroatoms. The lowest BCUT2D eigenvalue weighted by atomic mass is 9.88. The molecule has 1 aromatic heterocycles. The van der Waals surface area contributed by atoms with E-state index in [4.69, 9.17) is 11.6 Å². The van der Waals surface area contributed by atoms with Gasteiger partial charge in [-0.15, -0.1) is 11.6 Å². The molecule has 1 atom stereocenters. The molecule has 116 valence electrons. The Morgan fingerprint density at radius 2 is 1.81 bits per heavy atom. The van der Waals surface area contributed by atoms with Gasteiger partial charge in [-0.05, 0) is 44.7 Å². The van der Waals surface area contributed by atoms with E-state index in [1.165, 1.54) is 6.07 Å². The summed E-state index contributed by atoms with van der Waals surface area (Å²) in [5, 5.41) is -0.204. The Hall–Kier alpha value is -1.09. The molecule has 0 bridgehead atoms. The van der Waals surface area contributed by atoms with Crippen LogP contribution < -0.4 is 0 Å². The zero-order chi connectivity index (χ0) is 15.8. The number of hydrogen-bond donors (Lipinski definition) is 0. The SMILES string of the molecule is CCC(CC)(CC)n1c(C(C)Cl)nc2cc(F)c(C)cc21. The van der Waals surface area contributed by atoms with Crippen LogP contribution in [0.4, 0.5) is 4.39 Å². The monoisotopic (exact) mass is 310 g/mol. The number of nitrogens with zero attached hydrogens (tertiary/aromatic N) is 2. The molecule has 0 aliphatic rings.